The van der Waals surface area contributed by atoms with Crippen molar-refractivity contribution in [3.05, 3.63) is 24.0 Å². The maximum atomic E-state index is 11.6. The molecule has 1 aliphatic rings. The average molecular weight is 222 g/mol. The molecule has 1 saturated heterocycles. The lowest BCUT2D eigenvalue weighted by molar-refractivity contribution is -0.140. The monoisotopic (exact) mass is 222 g/mol. The summed E-state index contributed by atoms with van der Waals surface area (Å²) < 4.78 is 4.98. The molecule has 0 aromatic carbocycles. The third-order valence-corrected chi connectivity index (χ3v) is 2.58. The molecule has 1 amide bonds. The van der Waals surface area contributed by atoms with Gasteiger partial charge >= 0.3 is 0 Å². The Morgan fingerprint density at radius 3 is 2.88 bits per heavy atom. The maximum absolute atomic E-state index is 11.6. The normalized spacial score (nSPS) is 15.8. The van der Waals surface area contributed by atoms with Crippen molar-refractivity contribution in [2.45, 2.75) is 12.5 Å². The first-order valence-corrected chi connectivity index (χ1v) is 5.14. The molecule has 1 fully saturated rings. The van der Waals surface area contributed by atoms with Crippen LogP contribution in [0.1, 0.15) is 5.69 Å². The number of aromatic nitrogens is 1. The Hall–Kier alpha value is -1.62. The summed E-state index contributed by atoms with van der Waals surface area (Å²) in [5.41, 5.74) is 0.715. The van der Waals surface area contributed by atoms with Crippen molar-refractivity contribution in [2.75, 3.05) is 20.2 Å². The molecule has 0 atom stereocenters. The fourth-order valence-electron chi connectivity index (χ4n) is 1.56. The highest BCUT2D eigenvalue weighted by atomic mass is 16.5. The molecular weight excluding hydrogens is 208 g/mol. The van der Waals surface area contributed by atoms with Crippen molar-refractivity contribution in [1.29, 1.82) is 0 Å². The minimum absolute atomic E-state index is 0.00275. The van der Waals surface area contributed by atoms with E-state index in [1.54, 1.807) is 30.3 Å². The number of ether oxygens (including phenoxy) is 1. The molecule has 1 aromatic rings. The third kappa shape index (κ3) is 2.30. The van der Waals surface area contributed by atoms with Gasteiger partial charge in [0.15, 0.2) is 0 Å². The van der Waals surface area contributed by atoms with Crippen LogP contribution in [0.15, 0.2) is 18.3 Å². The van der Waals surface area contributed by atoms with Gasteiger partial charge in [0.25, 0.3) is 0 Å². The van der Waals surface area contributed by atoms with Crippen LogP contribution in [0.5, 0.6) is 5.75 Å². The summed E-state index contributed by atoms with van der Waals surface area (Å²) >= 11 is 0. The second-order valence-corrected chi connectivity index (χ2v) is 3.82. The van der Waals surface area contributed by atoms with Crippen LogP contribution in [0.25, 0.3) is 0 Å². The Balaban J connectivity index is 1.90. The van der Waals surface area contributed by atoms with Crippen molar-refractivity contribution in [3.8, 4) is 5.75 Å². The molecule has 5 nitrogen and oxygen atoms in total. The summed E-state index contributed by atoms with van der Waals surface area (Å²) in [4.78, 5) is 17.4. The predicted octanol–water partition coefficient (Wildman–Crippen LogP) is -0.164. The molecule has 0 spiro atoms. The lowest BCUT2D eigenvalue weighted by Gasteiger charge is -2.35. The second-order valence-electron chi connectivity index (χ2n) is 3.82. The van der Waals surface area contributed by atoms with E-state index in [-0.39, 0.29) is 18.4 Å². The van der Waals surface area contributed by atoms with Crippen LogP contribution in [-0.4, -0.2) is 47.2 Å². The van der Waals surface area contributed by atoms with Crippen LogP contribution < -0.4 is 4.74 Å². The number of hydrogen-bond donors (Lipinski definition) is 1. The minimum Gasteiger partial charge on any atom is -0.495 e. The highest BCUT2D eigenvalue weighted by Gasteiger charge is 2.28. The topological polar surface area (TPSA) is 62.7 Å². The Morgan fingerprint density at radius 1 is 1.62 bits per heavy atom. The number of aliphatic hydroxyl groups is 1. The molecular formula is C11H14N2O3. The number of nitrogens with zero attached hydrogens (tertiary/aromatic N) is 2. The van der Waals surface area contributed by atoms with Gasteiger partial charge in [0, 0.05) is 18.8 Å². The molecule has 86 valence electrons. The fourth-order valence-corrected chi connectivity index (χ4v) is 1.56. The Kier molecular flexibility index (Phi) is 3.05. The smallest absolute Gasteiger partial charge is 0.228 e. The van der Waals surface area contributed by atoms with Crippen LogP contribution in [0, 0.1) is 0 Å². The number of aliphatic hydroxyl groups excluding tert-OH is 1. The number of amides is 1. The largest absolute Gasteiger partial charge is 0.495 e. The van der Waals surface area contributed by atoms with E-state index in [9.17, 15) is 4.79 Å². The molecule has 2 rings (SSSR count). The molecule has 0 aliphatic carbocycles. The SMILES string of the molecule is COc1ccc(CC(=O)N2CC(O)C2)nc1. The molecule has 1 aromatic heterocycles. The fraction of sp³-hybridized carbons (Fsp3) is 0.455. The first-order valence-electron chi connectivity index (χ1n) is 5.14. The second kappa shape index (κ2) is 4.49. The molecule has 16 heavy (non-hydrogen) atoms. The number of rotatable bonds is 3. The van der Waals surface area contributed by atoms with Gasteiger partial charge in [-0.2, -0.15) is 0 Å². The van der Waals surface area contributed by atoms with Crippen LogP contribution in [0.4, 0.5) is 0 Å². The minimum atomic E-state index is -0.354. The molecule has 0 radical (unpaired) electrons. The molecule has 2 heterocycles. The van der Waals surface area contributed by atoms with Crippen molar-refractivity contribution < 1.29 is 14.6 Å². The van der Waals surface area contributed by atoms with E-state index in [0.29, 0.717) is 24.5 Å². The first-order chi connectivity index (χ1) is 7.69. The van der Waals surface area contributed by atoms with E-state index in [2.05, 4.69) is 4.98 Å². The zero-order chi connectivity index (χ0) is 11.5. The summed E-state index contributed by atoms with van der Waals surface area (Å²) in [5.74, 6) is 0.679. The zero-order valence-electron chi connectivity index (χ0n) is 9.09. The molecule has 0 bridgehead atoms. The number of carbonyl (C=O) groups excluding carboxylic acids is 1. The van der Waals surface area contributed by atoms with Crippen LogP contribution in [0.3, 0.4) is 0 Å². The predicted molar refractivity (Wildman–Crippen MR) is 57.1 cm³/mol. The standard InChI is InChI=1S/C11H14N2O3/c1-16-10-3-2-8(12-5-10)4-11(15)13-6-9(14)7-13/h2-3,5,9,14H,4,6-7H2,1H3. The van der Waals surface area contributed by atoms with E-state index in [1.807, 2.05) is 0 Å². The average Bonchev–Trinajstić information content (AvgIpc) is 2.26. The summed E-state index contributed by atoms with van der Waals surface area (Å²) in [6.45, 7) is 0.879. The molecule has 0 unspecified atom stereocenters. The number of pyridine rings is 1. The molecule has 0 saturated carbocycles. The van der Waals surface area contributed by atoms with Crippen molar-refractivity contribution in [1.82, 2.24) is 9.88 Å². The number of methoxy groups -OCH3 is 1. The van der Waals surface area contributed by atoms with E-state index >= 15 is 0 Å². The van der Waals surface area contributed by atoms with Gasteiger partial charge in [0.05, 0.1) is 25.8 Å². The summed E-state index contributed by atoms with van der Waals surface area (Å²) in [7, 11) is 1.57. The third-order valence-electron chi connectivity index (χ3n) is 2.58. The van der Waals surface area contributed by atoms with Crippen LogP contribution in [0.2, 0.25) is 0 Å². The molecule has 1 aliphatic heterocycles. The van der Waals surface area contributed by atoms with Gasteiger partial charge in [-0.05, 0) is 12.1 Å². The molecule has 1 N–H and O–H groups in total. The van der Waals surface area contributed by atoms with Gasteiger partial charge < -0.3 is 14.7 Å². The van der Waals surface area contributed by atoms with E-state index in [0.717, 1.165) is 0 Å². The lowest BCUT2D eigenvalue weighted by atomic mass is 10.1. The quantitative estimate of drug-likeness (QED) is 0.771. The highest BCUT2D eigenvalue weighted by molar-refractivity contribution is 5.79. The Labute approximate surface area is 93.7 Å². The number of likely N-dealkylation sites (tertiary alicyclic amines) is 1. The van der Waals surface area contributed by atoms with Gasteiger partial charge in [-0.3, -0.25) is 9.78 Å². The van der Waals surface area contributed by atoms with Crippen molar-refractivity contribution in [2.24, 2.45) is 0 Å². The van der Waals surface area contributed by atoms with Crippen molar-refractivity contribution >= 4 is 5.91 Å². The van der Waals surface area contributed by atoms with Gasteiger partial charge in [-0.1, -0.05) is 0 Å². The van der Waals surface area contributed by atoms with Gasteiger partial charge in [0.2, 0.25) is 5.91 Å². The van der Waals surface area contributed by atoms with Crippen LogP contribution in [-0.2, 0) is 11.2 Å². The van der Waals surface area contributed by atoms with Gasteiger partial charge in [-0.25, -0.2) is 0 Å². The van der Waals surface area contributed by atoms with E-state index in [1.165, 1.54) is 0 Å². The Bertz CT molecular complexity index is 371. The number of hydrogen-bond acceptors (Lipinski definition) is 4. The van der Waals surface area contributed by atoms with Gasteiger partial charge in [0.1, 0.15) is 5.75 Å². The van der Waals surface area contributed by atoms with Crippen molar-refractivity contribution in [3.63, 3.8) is 0 Å². The summed E-state index contributed by atoms with van der Waals surface area (Å²) in [6, 6.07) is 3.55. The van der Waals surface area contributed by atoms with E-state index < -0.39 is 0 Å². The lowest BCUT2D eigenvalue weighted by Crippen LogP contribution is -2.54. The summed E-state index contributed by atoms with van der Waals surface area (Å²) in [6.07, 6.45) is 1.51. The number of carbonyl (C=O) groups is 1. The summed E-state index contributed by atoms with van der Waals surface area (Å²) in [5, 5.41) is 9.08. The number of β-amino-alcohol motifs (C(OH)–C–C–N with tert-alkyl or cyclic N) is 1. The maximum Gasteiger partial charge on any atom is 0.228 e. The first kappa shape index (κ1) is 10.9. The molecule has 5 heteroatoms. The van der Waals surface area contributed by atoms with Crippen LogP contribution >= 0.6 is 0 Å². The van der Waals surface area contributed by atoms with Gasteiger partial charge in [-0.15, -0.1) is 0 Å². The van der Waals surface area contributed by atoms with E-state index in [4.69, 9.17) is 9.84 Å². The Morgan fingerprint density at radius 2 is 2.38 bits per heavy atom. The highest BCUT2D eigenvalue weighted by Crippen LogP contribution is 2.12. The zero-order valence-corrected chi connectivity index (χ0v) is 9.09.